The summed E-state index contributed by atoms with van der Waals surface area (Å²) >= 11 is 0. The highest BCUT2D eigenvalue weighted by Crippen LogP contribution is 2.29. The highest BCUT2D eigenvalue weighted by Gasteiger charge is 2.21. The van der Waals surface area contributed by atoms with Crippen molar-refractivity contribution in [3.8, 4) is 5.75 Å². The number of nitrogens with zero attached hydrogens (tertiary/aromatic N) is 2. The summed E-state index contributed by atoms with van der Waals surface area (Å²) in [5.41, 5.74) is 7.91. The standard InChI is InChI=1S/C25H30N4O/c1-30-21-9-5-6-18(15-21)12-13-24-28-23-11-3-2-10-22(23)25(29-24)27-17-20-8-4-7-19(14-20)16-26/h2-3,5-6,9-13,15,19-20H,4,7-8,14,16-17,26H2,1H3,(H,27,28,29)/b13-12+. The van der Waals surface area contributed by atoms with Gasteiger partial charge in [-0.15, -0.1) is 0 Å². The van der Waals surface area contributed by atoms with Gasteiger partial charge in [0.2, 0.25) is 0 Å². The number of nitrogens with one attached hydrogen (secondary N) is 1. The molecule has 1 aliphatic rings. The fourth-order valence-corrected chi connectivity index (χ4v) is 4.26. The van der Waals surface area contributed by atoms with Crippen LogP contribution in [-0.2, 0) is 0 Å². The van der Waals surface area contributed by atoms with Crippen LogP contribution >= 0.6 is 0 Å². The molecule has 0 amide bonds. The summed E-state index contributed by atoms with van der Waals surface area (Å²) in [5, 5.41) is 4.67. The summed E-state index contributed by atoms with van der Waals surface area (Å²) in [6.07, 6.45) is 8.97. The fourth-order valence-electron chi connectivity index (χ4n) is 4.26. The summed E-state index contributed by atoms with van der Waals surface area (Å²) in [5.74, 6) is 3.75. The number of hydrogen-bond donors (Lipinski definition) is 2. The molecule has 0 bridgehead atoms. The first-order valence-electron chi connectivity index (χ1n) is 10.8. The van der Waals surface area contributed by atoms with Gasteiger partial charge in [-0.2, -0.15) is 0 Å². The Labute approximate surface area is 178 Å². The van der Waals surface area contributed by atoms with Crippen LogP contribution in [0.1, 0.15) is 37.1 Å². The van der Waals surface area contributed by atoms with Crippen LogP contribution < -0.4 is 15.8 Å². The smallest absolute Gasteiger partial charge is 0.154 e. The van der Waals surface area contributed by atoms with E-state index in [0.717, 1.165) is 41.1 Å². The zero-order valence-corrected chi connectivity index (χ0v) is 17.6. The van der Waals surface area contributed by atoms with Gasteiger partial charge in [0.1, 0.15) is 11.6 Å². The highest BCUT2D eigenvalue weighted by atomic mass is 16.5. The average Bonchev–Trinajstić information content (AvgIpc) is 2.81. The van der Waals surface area contributed by atoms with Crippen molar-refractivity contribution in [3.05, 3.63) is 59.9 Å². The molecular weight excluding hydrogens is 372 g/mol. The quantitative estimate of drug-likeness (QED) is 0.583. The van der Waals surface area contributed by atoms with Gasteiger partial charge in [0.05, 0.1) is 12.6 Å². The number of fused-ring (bicyclic) bond motifs is 1. The molecule has 3 aromatic rings. The molecule has 1 heterocycles. The molecule has 4 rings (SSSR count). The molecule has 2 aromatic carbocycles. The third-order valence-electron chi connectivity index (χ3n) is 5.92. The molecule has 156 valence electrons. The number of para-hydroxylation sites is 1. The summed E-state index contributed by atoms with van der Waals surface area (Å²) in [6, 6.07) is 16.1. The lowest BCUT2D eigenvalue weighted by Crippen LogP contribution is -2.26. The zero-order valence-electron chi connectivity index (χ0n) is 17.6. The Bertz CT molecular complexity index is 1020. The maximum Gasteiger partial charge on any atom is 0.154 e. The van der Waals surface area contributed by atoms with Crippen LogP contribution in [0, 0.1) is 11.8 Å². The number of benzene rings is 2. The lowest BCUT2D eigenvalue weighted by Gasteiger charge is -2.28. The van der Waals surface area contributed by atoms with E-state index < -0.39 is 0 Å². The van der Waals surface area contributed by atoms with Crippen molar-refractivity contribution >= 4 is 28.9 Å². The molecule has 1 saturated carbocycles. The topological polar surface area (TPSA) is 73.1 Å². The second-order valence-corrected chi connectivity index (χ2v) is 8.07. The van der Waals surface area contributed by atoms with Crippen molar-refractivity contribution in [3.63, 3.8) is 0 Å². The number of methoxy groups -OCH3 is 1. The van der Waals surface area contributed by atoms with Gasteiger partial charge in [-0.3, -0.25) is 0 Å². The van der Waals surface area contributed by atoms with Crippen molar-refractivity contribution in [1.82, 2.24) is 9.97 Å². The molecule has 1 aliphatic carbocycles. The Hall–Kier alpha value is -2.92. The summed E-state index contributed by atoms with van der Waals surface area (Å²) < 4.78 is 5.31. The molecular formula is C25H30N4O. The molecule has 0 saturated heterocycles. The van der Waals surface area contributed by atoms with Crippen LogP contribution in [0.25, 0.3) is 23.1 Å². The molecule has 1 aromatic heterocycles. The van der Waals surface area contributed by atoms with Crippen molar-refractivity contribution in [2.75, 3.05) is 25.5 Å². The van der Waals surface area contributed by atoms with E-state index in [0.29, 0.717) is 17.7 Å². The first-order chi connectivity index (χ1) is 14.7. The lowest BCUT2D eigenvalue weighted by atomic mass is 9.81. The first kappa shape index (κ1) is 20.4. The highest BCUT2D eigenvalue weighted by molar-refractivity contribution is 5.90. The van der Waals surface area contributed by atoms with E-state index >= 15 is 0 Å². The molecule has 0 radical (unpaired) electrons. The second kappa shape index (κ2) is 9.72. The third-order valence-corrected chi connectivity index (χ3v) is 5.92. The fraction of sp³-hybridized carbons (Fsp3) is 0.360. The Kier molecular flexibility index (Phi) is 6.60. The van der Waals surface area contributed by atoms with Gasteiger partial charge in [-0.05, 0) is 73.5 Å². The van der Waals surface area contributed by atoms with E-state index in [1.165, 1.54) is 25.7 Å². The van der Waals surface area contributed by atoms with Crippen LogP contribution in [-0.4, -0.2) is 30.2 Å². The van der Waals surface area contributed by atoms with Gasteiger partial charge in [0.25, 0.3) is 0 Å². The van der Waals surface area contributed by atoms with Crippen molar-refractivity contribution in [1.29, 1.82) is 0 Å². The van der Waals surface area contributed by atoms with Crippen molar-refractivity contribution in [2.24, 2.45) is 17.6 Å². The van der Waals surface area contributed by atoms with E-state index in [4.69, 9.17) is 20.4 Å². The molecule has 5 nitrogen and oxygen atoms in total. The maximum absolute atomic E-state index is 5.91. The SMILES string of the molecule is COc1cccc(/C=C/c2nc(NCC3CCCC(CN)C3)c3ccccc3n2)c1. The molecule has 0 aliphatic heterocycles. The van der Waals surface area contributed by atoms with Gasteiger partial charge < -0.3 is 15.8 Å². The number of aromatic nitrogens is 2. The lowest BCUT2D eigenvalue weighted by molar-refractivity contribution is 0.281. The van der Waals surface area contributed by atoms with E-state index in [1.807, 2.05) is 54.6 Å². The third kappa shape index (κ3) is 4.97. The summed E-state index contributed by atoms with van der Waals surface area (Å²) in [7, 11) is 1.68. The van der Waals surface area contributed by atoms with E-state index in [9.17, 15) is 0 Å². The van der Waals surface area contributed by atoms with E-state index in [1.54, 1.807) is 7.11 Å². The van der Waals surface area contributed by atoms with Crippen LogP contribution in [0.15, 0.2) is 48.5 Å². The average molecular weight is 403 g/mol. The molecule has 2 atom stereocenters. The van der Waals surface area contributed by atoms with Crippen molar-refractivity contribution < 1.29 is 4.74 Å². The molecule has 3 N–H and O–H groups in total. The number of anilines is 1. The predicted molar refractivity (Wildman–Crippen MR) is 124 cm³/mol. The zero-order chi connectivity index (χ0) is 20.8. The van der Waals surface area contributed by atoms with E-state index in [2.05, 4.69) is 11.4 Å². The summed E-state index contributed by atoms with van der Waals surface area (Å²) in [6.45, 7) is 1.72. The predicted octanol–water partition coefficient (Wildman–Crippen LogP) is 4.99. The minimum Gasteiger partial charge on any atom is -0.497 e. The molecule has 0 spiro atoms. The minimum absolute atomic E-state index is 0.650. The Balaban J connectivity index is 1.55. The number of ether oxygens (including phenoxy) is 1. The minimum atomic E-state index is 0.650. The molecule has 2 unspecified atom stereocenters. The van der Waals surface area contributed by atoms with Gasteiger partial charge in [0, 0.05) is 11.9 Å². The summed E-state index contributed by atoms with van der Waals surface area (Å²) in [4.78, 5) is 9.55. The second-order valence-electron chi connectivity index (χ2n) is 8.07. The van der Waals surface area contributed by atoms with Gasteiger partial charge in [-0.1, -0.05) is 36.8 Å². The van der Waals surface area contributed by atoms with Gasteiger partial charge in [0.15, 0.2) is 5.82 Å². The van der Waals surface area contributed by atoms with Crippen molar-refractivity contribution in [2.45, 2.75) is 25.7 Å². The number of hydrogen-bond acceptors (Lipinski definition) is 5. The van der Waals surface area contributed by atoms with Crippen LogP contribution in [0.3, 0.4) is 0 Å². The Morgan fingerprint density at radius 2 is 1.93 bits per heavy atom. The van der Waals surface area contributed by atoms with E-state index in [-0.39, 0.29) is 0 Å². The van der Waals surface area contributed by atoms with Crippen LogP contribution in [0.5, 0.6) is 5.75 Å². The molecule has 5 heteroatoms. The number of nitrogens with two attached hydrogens (primary N) is 1. The largest absolute Gasteiger partial charge is 0.497 e. The first-order valence-corrected chi connectivity index (χ1v) is 10.8. The monoisotopic (exact) mass is 402 g/mol. The number of rotatable bonds is 7. The maximum atomic E-state index is 5.91. The molecule has 30 heavy (non-hydrogen) atoms. The normalized spacial score (nSPS) is 19.3. The van der Waals surface area contributed by atoms with Gasteiger partial charge >= 0.3 is 0 Å². The molecule has 1 fully saturated rings. The van der Waals surface area contributed by atoms with Gasteiger partial charge in [-0.25, -0.2) is 9.97 Å². The van der Waals surface area contributed by atoms with Crippen LogP contribution in [0.2, 0.25) is 0 Å². The Morgan fingerprint density at radius 1 is 1.07 bits per heavy atom. The van der Waals surface area contributed by atoms with Crippen LogP contribution in [0.4, 0.5) is 5.82 Å². The Morgan fingerprint density at radius 3 is 2.80 bits per heavy atom.